The van der Waals surface area contributed by atoms with Crippen LogP contribution in [0.2, 0.25) is 5.02 Å². The number of halogens is 1. The highest BCUT2D eigenvalue weighted by molar-refractivity contribution is 6.33. The summed E-state index contributed by atoms with van der Waals surface area (Å²) in [4.78, 5) is 11.4. The standard InChI is InChI=1S/C11H13ClN2O/c1-7-2-5-9(12)10(6-7)14-11(15)13-8-3-4-8/h2,5-6,8H,3-4H2,1H3,(H2,13,14,15). The first-order chi connectivity index (χ1) is 7.15. The molecule has 0 saturated heterocycles. The largest absolute Gasteiger partial charge is 0.335 e. The second-order valence-electron chi connectivity index (χ2n) is 3.86. The van der Waals surface area contributed by atoms with Crippen LogP contribution in [0.25, 0.3) is 0 Å². The van der Waals surface area contributed by atoms with Gasteiger partial charge in [-0.05, 0) is 37.5 Å². The van der Waals surface area contributed by atoms with Gasteiger partial charge < -0.3 is 10.6 Å². The Morgan fingerprint density at radius 2 is 2.20 bits per heavy atom. The van der Waals surface area contributed by atoms with Gasteiger partial charge >= 0.3 is 6.03 Å². The van der Waals surface area contributed by atoms with Crippen molar-refractivity contribution in [2.75, 3.05) is 5.32 Å². The van der Waals surface area contributed by atoms with Crippen molar-refractivity contribution in [2.45, 2.75) is 25.8 Å². The molecule has 1 aromatic carbocycles. The number of urea groups is 1. The summed E-state index contributed by atoms with van der Waals surface area (Å²) in [7, 11) is 0. The molecule has 1 aromatic rings. The molecular weight excluding hydrogens is 212 g/mol. The van der Waals surface area contributed by atoms with Crippen LogP contribution in [0.15, 0.2) is 18.2 Å². The van der Waals surface area contributed by atoms with Gasteiger partial charge in [-0.15, -0.1) is 0 Å². The number of nitrogens with one attached hydrogen (secondary N) is 2. The van der Waals surface area contributed by atoms with Crippen molar-refractivity contribution >= 4 is 23.3 Å². The molecule has 0 unspecified atom stereocenters. The average Bonchev–Trinajstić information content (AvgIpc) is 2.95. The van der Waals surface area contributed by atoms with Crippen molar-refractivity contribution in [1.29, 1.82) is 0 Å². The number of rotatable bonds is 2. The van der Waals surface area contributed by atoms with E-state index in [2.05, 4.69) is 10.6 Å². The number of anilines is 1. The Kier molecular flexibility index (Phi) is 2.82. The lowest BCUT2D eigenvalue weighted by Gasteiger charge is -2.08. The first-order valence-electron chi connectivity index (χ1n) is 4.99. The molecule has 15 heavy (non-hydrogen) atoms. The maximum absolute atomic E-state index is 11.4. The molecule has 1 saturated carbocycles. The second kappa shape index (κ2) is 4.11. The fourth-order valence-corrected chi connectivity index (χ4v) is 1.47. The molecule has 2 rings (SSSR count). The molecule has 4 heteroatoms. The van der Waals surface area contributed by atoms with Crippen molar-refractivity contribution in [3.8, 4) is 0 Å². The van der Waals surface area contributed by atoms with Gasteiger partial charge in [-0.3, -0.25) is 0 Å². The summed E-state index contributed by atoms with van der Waals surface area (Å²) in [6, 6.07) is 5.73. The molecule has 3 nitrogen and oxygen atoms in total. The number of hydrogen-bond donors (Lipinski definition) is 2. The number of hydrogen-bond acceptors (Lipinski definition) is 1. The van der Waals surface area contributed by atoms with E-state index in [-0.39, 0.29) is 6.03 Å². The lowest BCUT2D eigenvalue weighted by atomic mass is 10.2. The molecule has 0 radical (unpaired) electrons. The van der Waals surface area contributed by atoms with Crippen LogP contribution < -0.4 is 10.6 Å². The zero-order valence-electron chi connectivity index (χ0n) is 8.51. The van der Waals surface area contributed by atoms with Crippen molar-refractivity contribution in [3.63, 3.8) is 0 Å². The Balaban J connectivity index is 2.01. The fraction of sp³-hybridized carbons (Fsp3) is 0.364. The lowest BCUT2D eigenvalue weighted by Crippen LogP contribution is -2.30. The highest BCUT2D eigenvalue weighted by Crippen LogP contribution is 2.23. The maximum atomic E-state index is 11.4. The zero-order chi connectivity index (χ0) is 10.8. The minimum Gasteiger partial charge on any atom is -0.335 e. The molecule has 0 heterocycles. The molecule has 1 aliphatic rings. The zero-order valence-corrected chi connectivity index (χ0v) is 9.27. The molecule has 0 spiro atoms. The van der Waals surface area contributed by atoms with E-state index in [0.717, 1.165) is 18.4 Å². The Bertz CT molecular complexity index is 388. The summed E-state index contributed by atoms with van der Waals surface area (Å²) in [6.07, 6.45) is 2.16. The molecule has 0 aliphatic heterocycles. The Morgan fingerprint density at radius 1 is 1.47 bits per heavy atom. The predicted molar refractivity (Wildman–Crippen MR) is 61.4 cm³/mol. The van der Waals surface area contributed by atoms with Crippen molar-refractivity contribution < 1.29 is 4.79 Å². The molecule has 1 fully saturated rings. The molecule has 2 amide bonds. The van der Waals surface area contributed by atoms with Crippen LogP contribution in [0.3, 0.4) is 0 Å². The molecule has 0 bridgehead atoms. The highest BCUT2D eigenvalue weighted by atomic mass is 35.5. The first kappa shape index (κ1) is 10.3. The summed E-state index contributed by atoms with van der Waals surface area (Å²) < 4.78 is 0. The molecule has 0 atom stereocenters. The SMILES string of the molecule is Cc1ccc(Cl)c(NC(=O)NC2CC2)c1. The summed E-state index contributed by atoms with van der Waals surface area (Å²) in [5.74, 6) is 0. The van der Waals surface area contributed by atoms with Gasteiger partial charge in [0.1, 0.15) is 0 Å². The normalized spacial score (nSPS) is 14.8. The molecule has 80 valence electrons. The summed E-state index contributed by atoms with van der Waals surface area (Å²) in [6.45, 7) is 1.96. The van der Waals surface area contributed by atoms with Crippen LogP contribution in [0.4, 0.5) is 10.5 Å². The van der Waals surface area contributed by atoms with E-state index in [1.54, 1.807) is 6.07 Å². The number of carbonyl (C=O) groups is 1. The smallest absolute Gasteiger partial charge is 0.319 e. The maximum Gasteiger partial charge on any atom is 0.319 e. The van der Waals surface area contributed by atoms with Crippen molar-refractivity contribution in [2.24, 2.45) is 0 Å². The number of carbonyl (C=O) groups excluding carboxylic acids is 1. The average molecular weight is 225 g/mol. The second-order valence-corrected chi connectivity index (χ2v) is 4.26. The third-order valence-electron chi connectivity index (χ3n) is 2.28. The van der Waals surface area contributed by atoms with Gasteiger partial charge in [-0.2, -0.15) is 0 Å². The Morgan fingerprint density at radius 3 is 2.87 bits per heavy atom. The van der Waals surface area contributed by atoms with E-state index in [4.69, 9.17) is 11.6 Å². The number of amides is 2. The van der Waals surface area contributed by atoms with Crippen LogP contribution >= 0.6 is 11.6 Å². The monoisotopic (exact) mass is 224 g/mol. The quantitative estimate of drug-likeness (QED) is 0.797. The molecule has 0 aromatic heterocycles. The van der Waals surface area contributed by atoms with Crippen molar-refractivity contribution in [3.05, 3.63) is 28.8 Å². The van der Waals surface area contributed by atoms with Gasteiger partial charge in [-0.1, -0.05) is 17.7 Å². The molecule has 2 N–H and O–H groups in total. The van der Waals surface area contributed by atoms with Crippen LogP contribution in [-0.2, 0) is 0 Å². The van der Waals surface area contributed by atoms with Crippen LogP contribution in [0.5, 0.6) is 0 Å². The van der Waals surface area contributed by atoms with Crippen LogP contribution in [0, 0.1) is 6.92 Å². The molecular formula is C11H13ClN2O. The van der Waals surface area contributed by atoms with Gasteiger partial charge in [0.05, 0.1) is 10.7 Å². The van der Waals surface area contributed by atoms with E-state index in [9.17, 15) is 4.79 Å². The number of aryl methyl sites for hydroxylation is 1. The van der Waals surface area contributed by atoms with E-state index >= 15 is 0 Å². The van der Waals surface area contributed by atoms with E-state index in [1.807, 2.05) is 19.1 Å². The van der Waals surface area contributed by atoms with Crippen LogP contribution in [0.1, 0.15) is 18.4 Å². The van der Waals surface area contributed by atoms with E-state index in [1.165, 1.54) is 0 Å². The van der Waals surface area contributed by atoms with Gasteiger partial charge in [0, 0.05) is 6.04 Å². The summed E-state index contributed by atoms with van der Waals surface area (Å²) in [5, 5.41) is 6.14. The lowest BCUT2D eigenvalue weighted by molar-refractivity contribution is 0.251. The van der Waals surface area contributed by atoms with Gasteiger partial charge in [0.15, 0.2) is 0 Å². The van der Waals surface area contributed by atoms with E-state index in [0.29, 0.717) is 16.8 Å². The first-order valence-corrected chi connectivity index (χ1v) is 5.36. The topological polar surface area (TPSA) is 41.1 Å². The summed E-state index contributed by atoms with van der Waals surface area (Å²) >= 11 is 5.95. The van der Waals surface area contributed by atoms with Crippen LogP contribution in [-0.4, -0.2) is 12.1 Å². The Hall–Kier alpha value is -1.22. The minimum atomic E-state index is -0.176. The fourth-order valence-electron chi connectivity index (χ4n) is 1.31. The van der Waals surface area contributed by atoms with Gasteiger partial charge in [0.25, 0.3) is 0 Å². The number of benzene rings is 1. The summed E-state index contributed by atoms with van der Waals surface area (Å²) in [5.41, 5.74) is 1.73. The van der Waals surface area contributed by atoms with Gasteiger partial charge in [0.2, 0.25) is 0 Å². The third-order valence-corrected chi connectivity index (χ3v) is 2.61. The third kappa shape index (κ3) is 2.86. The van der Waals surface area contributed by atoms with E-state index < -0.39 is 0 Å². The molecule has 1 aliphatic carbocycles. The Labute approximate surface area is 93.8 Å². The predicted octanol–water partition coefficient (Wildman–Crippen LogP) is 2.93. The van der Waals surface area contributed by atoms with Crippen molar-refractivity contribution in [1.82, 2.24) is 5.32 Å². The highest BCUT2D eigenvalue weighted by Gasteiger charge is 2.23. The van der Waals surface area contributed by atoms with Gasteiger partial charge in [-0.25, -0.2) is 4.79 Å². The minimum absolute atomic E-state index is 0.176.